The van der Waals surface area contributed by atoms with Gasteiger partial charge in [-0.05, 0) is 25.0 Å². The Hall–Kier alpha value is -1.08. The van der Waals surface area contributed by atoms with Crippen molar-refractivity contribution in [2.45, 2.75) is 30.8 Å². The zero-order valence-corrected chi connectivity index (χ0v) is 13.7. The Morgan fingerprint density at radius 3 is 3.05 bits per heavy atom. The van der Waals surface area contributed by atoms with Gasteiger partial charge in [0.2, 0.25) is 0 Å². The van der Waals surface area contributed by atoms with Crippen molar-refractivity contribution in [3.8, 4) is 11.4 Å². The van der Waals surface area contributed by atoms with Gasteiger partial charge in [-0.2, -0.15) is 0 Å². The summed E-state index contributed by atoms with van der Waals surface area (Å²) in [6.07, 6.45) is 2.70. The average Bonchev–Trinajstić information content (AvgIpc) is 3.17. The summed E-state index contributed by atoms with van der Waals surface area (Å²) in [5.41, 5.74) is 0.933. The van der Waals surface area contributed by atoms with E-state index < -0.39 is 0 Å². The maximum absolute atomic E-state index is 6.31. The van der Waals surface area contributed by atoms with Crippen molar-refractivity contribution in [1.82, 2.24) is 19.7 Å². The van der Waals surface area contributed by atoms with Crippen LogP contribution in [0.25, 0.3) is 11.4 Å². The normalized spacial score (nSPS) is 22.0. The van der Waals surface area contributed by atoms with Gasteiger partial charge >= 0.3 is 0 Å². The number of hydrogen-bond acceptors (Lipinski definition) is 5. The number of nitrogens with zero attached hydrogens (tertiary/aromatic N) is 4. The van der Waals surface area contributed by atoms with Gasteiger partial charge in [0.25, 0.3) is 0 Å². The van der Waals surface area contributed by atoms with Crippen LogP contribution in [0.1, 0.15) is 12.8 Å². The summed E-state index contributed by atoms with van der Waals surface area (Å²) in [5.74, 6) is 1.77. The van der Waals surface area contributed by atoms with Crippen molar-refractivity contribution in [2.75, 3.05) is 19.0 Å². The molecule has 5 nitrogen and oxygen atoms in total. The number of rotatable bonds is 3. The van der Waals surface area contributed by atoms with E-state index in [1.54, 1.807) is 11.8 Å². The van der Waals surface area contributed by atoms with Crippen molar-refractivity contribution >= 4 is 23.4 Å². The lowest BCUT2D eigenvalue weighted by atomic mass is 10.2. The minimum absolute atomic E-state index is 0.363. The molecule has 1 saturated heterocycles. The van der Waals surface area contributed by atoms with Crippen LogP contribution in [0.2, 0.25) is 5.02 Å². The highest BCUT2D eigenvalue weighted by molar-refractivity contribution is 7.99. The van der Waals surface area contributed by atoms with Gasteiger partial charge in [0.1, 0.15) is 0 Å². The molecule has 0 radical (unpaired) electrons. The smallest absolute Gasteiger partial charge is 0.193 e. The number of halogens is 1. The van der Waals surface area contributed by atoms with Crippen molar-refractivity contribution in [3.63, 3.8) is 0 Å². The summed E-state index contributed by atoms with van der Waals surface area (Å²) in [6, 6.07) is 7.78. The molecule has 1 unspecified atom stereocenters. The maximum atomic E-state index is 6.31. The molecule has 0 saturated carbocycles. The summed E-state index contributed by atoms with van der Waals surface area (Å²) >= 11 is 8.03. The summed E-state index contributed by atoms with van der Waals surface area (Å²) in [4.78, 5) is 2.39. The molecule has 0 N–H and O–H groups in total. The van der Waals surface area contributed by atoms with Gasteiger partial charge in [-0.25, -0.2) is 0 Å². The molecule has 0 amide bonds. The molecule has 7 heteroatoms. The Balaban J connectivity index is 1.58. The predicted octanol–water partition coefficient (Wildman–Crippen LogP) is 3.10. The summed E-state index contributed by atoms with van der Waals surface area (Å²) in [7, 11) is 0. The first-order chi connectivity index (χ1) is 10.8. The zero-order valence-electron chi connectivity index (χ0n) is 12.1. The fraction of sp³-hybridized carbons (Fsp3) is 0.467. The van der Waals surface area contributed by atoms with Crippen LogP contribution in [0.5, 0.6) is 0 Å². The highest BCUT2D eigenvalue weighted by Crippen LogP contribution is 2.32. The van der Waals surface area contributed by atoms with Crippen LogP contribution in [-0.4, -0.2) is 44.8 Å². The number of ether oxygens (including phenoxy) is 1. The van der Waals surface area contributed by atoms with E-state index in [-0.39, 0.29) is 0 Å². The fourth-order valence-electron chi connectivity index (χ4n) is 2.94. The van der Waals surface area contributed by atoms with Gasteiger partial charge in [-0.15, -0.1) is 10.2 Å². The van der Waals surface area contributed by atoms with E-state index in [0.29, 0.717) is 11.1 Å². The molecule has 1 atom stereocenters. The molecule has 2 aliphatic rings. The molecule has 1 aromatic heterocycles. The molecule has 1 fully saturated rings. The van der Waals surface area contributed by atoms with Crippen molar-refractivity contribution < 1.29 is 4.74 Å². The lowest BCUT2D eigenvalue weighted by Gasteiger charge is -2.29. The van der Waals surface area contributed by atoms with Crippen LogP contribution < -0.4 is 0 Å². The Morgan fingerprint density at radius 2 is 2.23 bits per heavy atom. The van der Waals surface area contributed by atoms with Gasteiger partial charge in [0.15, 0.2) is 11.0 Å². The van der Waals surface area contributed by atoms with Crippen LogP contribution in [0.15, 0.2) is 29.4 Å². The minimum atomic E-state index is 0.363. The first-order valence-electron chi connectivity index (χ1n) is 7.46. The lowest BCUT2D eigenvalue weighted by Crippen LogP contribution is -2.36. The average molecular weight is 337 g/mol. The minimum Gasteiger partial charge on any atom is -0.377 e. The van der Waals surface area contributed by atoms with E-state index in [0.717, 1.165) is 48.7 Å². The van der Waals surface area contributed by atoms with Gasteiger partial charge < -0.3 is 4.74 Å². The Labute approximate surface area is 138 Å². The van der Waals surface area contributed by atoms with E-state index in [9.17, 15) is 0 Å². The molecule has 3 heterocycles. The molecule has 4 rings (SSSR count). The van der Waals surface area contributed by atoms with Crippen LogP contribution >= 0.6 is 23.4 Å². The third kappa shape index (κ3) is 2.76. The zero-order chi connectivity index (χ0) is 14.9. The van der Waals surface area contributed by atoms with Gasteiger partial charge in [0.05, 0.1) is 23.7 Å². The number of hydrogen-bond donors (Lipinski definition) is 0. The predicted molar refractivity (Wildman–Crippen MR) is 86.9 cm³/mol. The molecule has 2 aliphatic heterocycles. The molecule has 0 spiro atoms. The van der Waals surface area contributed by atoms with Gasteiger partial charge in [-0.3, -0.25) is 9.47 Å². The summed E-state index contributed by atoms with van der Waals surface area (Å²) in [5, 5.41) is 10.3. The lowest BCUT2D eigenvalue weighted by molar-refractivity contribution is 0.0677. The van der Waals surface area contributed by atoms with Gasteiger partial charge in [-0.1, -0.05) is 35.5 Å². The third-order valence-electron chi connectivity index (χ3n) is 4.04. The third-order valence-corrected chi connectivity index (χ3v) is 5.42. The summed E-state index contributed by atoms with van der Waals surface area (Å²) < 4.78 is 7.89. The molecular formula is C15H17ClN4OS. The van der Waals surface area contributed by atoms with Crippen molar-refractivity contribution in [2.24, 2.45) is 0 Å². The van der Waals surface area contributed by atoms with Crippen molar-refractivity contribution in [3.05, 3.63) is 29.3 Å². The Bertz CT molecular complexity index is 671. The maximum Gasteiger partial charge on any atom is 0.193 e. The SMILES string of the molecule is Clc1ccccc1-c1nnc2n1CN(CC1CCCO1)CS2. The molecule has 1 aromatic carbocycles. The summed E-state index contributed by atoms with van der Waals surface area (Å²) in [6.45, 7) is 2.65. The fourth-order valence-corrected chi connectivity index (χ4v) is 4.05. The second kappa shape index (κ2) is 6.20. The molecule has 116 valence electrons. The Morgan fingerprint density at radius 1 is 1.32 bits per heavy atom. The van der Waals surface area contributed by atoms with Crippen molar-refractivity contribution in [1.29, 1.82) is 0 Å². The first kappa shape index (κ1) is 14.5. The van der Waals surface area contributed by atoms with E-state index in [4.69, 9.17) is 16.3 Å². The van der Waals surface area contributed by atoms with Crippen LogP contribution in [0, 0.1) is 0 Å². The standard InChI is InChI=1S/C15H17ClN4OS/c16-13-6-2-1-5-12(13)14-17-18-15-20(14)9-19(10-22-15)8-11-4-3-7-21-11/h1-2,5-6,11H,3-4,7-10H2. The van der Waals surface area contributed by atoms with Crippen LogP contribution in [0.4, 0.5) is 0 Å². The van der Waals surface area contributed by atoms with E-state index in [1.165, 1.54) is 6.42 Å². The highest BCUT2D eigenvalue weighted by Gasteiger charge is 2.26. The number of fused-ring (bicyclic) bond motifs is 1. The highest BCUT2D eigenvalue weighted by atomic mass is 35.5. The van der Waals surface area contributed by atoms with E-state index in [1.807, 2.05) is 24.3 Å². The second-order valence-corrected chi connectivity index (χ2v) is 6.94. The number of aromatic nitrogens is 3. The molecule has 0 bridgehead atoms. The van der Waals surface area contributed by atoms with Crippen LogP contribution in [-0.2, 0) is 11.4 Å². The van der Waals surface area contributed by atoms with E-state index >= 15 is 0 Å². The number of thioether (sulfide) groups is 1. The quantitative estimate of drug-likeness (QED) is 0.861. The number of benzene rings is 1. The Kier molecular flexibility index (Phi) is 4.09. The molecule has 22 heavy (non-hydrogen) atoms. The topological polar surface area (TPSA) is 43.2 Å². The van der Waals surface area contributed by atoms with Crippen LogP contribution in [0.3, 0.4) is 0 Å². The monoisotopic (exact) mass is 336 g/mol. The largest absolute Gasteiger partial charge is 0.377 e. The second-order valence-electron chi connectivity index (χ2n) is 5.62. The van der Waals surface area contributed by atoms with E-state index in [2.05, 4.69) is 19.7 Å². The molecule has 0 aliphatic carbocycles. The van der Waals surface area contributed by atoms with Gasteiger partial charge in [0, 0.05) is 18.7 Å². The molecule has 2 aromatic rings. The molecular weight excluding hydrogens is 320 g/mol. The first-order valence-corrected chi connectivity index (χ1v) is 8.82.